The molecular weight excluding hydrogens is 314 g/mol. The van der Waals surface area contributed by atoms with Gasteiger partial charge in [0, 0.05) is 18.1 Å². The fourth-order valence-electron chi connectivity index (χ4n) is 2.67. The van der Waals surface area contributed by atoms with Crippen molar-refractivity contribution < 1.29 is 18.3 Å². The van der Waals surface area contributed by atoms with E-state index in [0.29, 0.717) is 23.6 Å². The van der Waals surface area contributed by atoms with Crippen LogP contribution in [0.15, 0.2) is 23.1 Å². The van der Waals surface area contributed by atoms with Gasteiger partial charge in [0.05, 0.1) is 10.8 Å². The molecule has 0 saturated carbocycles. The predicted molar refractivity (Wildman–Crippen MR) is 79.9 cm³/mol. The summed E-state index contributed by atoms with van der Waals surface area (Å²) in [6.45, 7) is 3.90. The smallest absolute Gasteiger partial charge is 0.307 e. The average molecular weight is 332 g/mol. The summed E-state index contributed by atoms with van der Waals surface area (Å²) >= 11 is 5.89. The van der Waals surface area contributed by atoms with Crippen molar-refractivity contribution in [1.82, 2.24) is 4.31 Å². The van der Waals surface area contributed by atoms with Crippen LogP contribution < -0.4 is 0 Å². The number of aryl methyl sites for hydroxylation is 1. The molecule has 1 N–H and O–H groups in total. The highest BCUT2D eigenvalue weighted by atomic mass is 35.5. The Bertz CT molecular complexity index is 659. The van der Waals surface area contributed by atoms with Crippen LogP contribution in [0.25, 0.3) is 0 Å². The topological polar surface area (TPSA) is 74.7 Å². The van der Waals surface area contributed by atoms with Gasteiger partial charge in [0.2, 0.25) is 10.0 Å². The van der Waals surface area contributed by atoms with E-state index in [1.807, 2.05) is 6.92 Å². The van der Waals surface area contributed by atoms with Crippen molar-refractivity contribution in [1.29, 1.82) is 0 Å². The van der Waals surface area contributed by atoms with Crippen molar-refractivity contribution >= 4 is 27.6 Å². The fourth-order valence-corrected chi connectivity index (χ4v) is 4.76. The zero-order valence-corrected chi connectivity index (χ0v) is 13.5. The van der Waals surface area contributed by atoms with E-state index in [4.69, 9.17) is 16.7 Å². The molecule has 2 unspecified atom stereocenters. The van der Waals surface area contributed by atoms with E-state index in [-0.39, 0.29) is 17.4 Å². The molecule has 2 atom stereocenters. The Kier molecular flexibility index (Phi) is 4.60. The van der Waals surface area contributed by atoms with Crippen molar-refractivity contribution in [3.8, 4) is 0 Å². The minimum atomic E-state index is -3.73. The summed E-state index contributed by atoms with van der Waals surface area (Å²) in [5, 5.41) is 9.51. The summed E-state index contributed by atoms with van der Waals surface area (Å²) in [6.07, 6.45) is 0.496. The first kappa shape index (κ1) is 16.3. The molecule has 1 aliphatic rings. The molecule has 1 fully saturated rings. The second kappa shape index (κ2) is 5.94. The SMILES string of the molecule is Cc1ccc(Cl)cc1S(=O)(=O)N1CC(C)CC(C(=O)O)C1. The first-order valence-corrected chi connectivity index (χ1v) is 8.52. The van der Waals surface area contributed by atoms with E-state index in [0.717, 1.165) is 0 Å². The van der Waals surface area contributed by atoms with Crippen LogP contribution in [0.2, 0.25) is 5.02 Å². The largest absolute Gasteiger partial charge is 0.481 e. The molecule has 0 radical (unpaired) electrons. The van der Waals surface area contributed by atoms with E-state index in [2.05, 4.69) is 0 Å². The van der Waals surface area contributed by atoms with Crippen LogP contribution in [-0.2, 0) is 14.8 Å². The molecule has 7 heteroatoms. The third-order valence-electron chi connectivity index (χ3n) is 3.74. The molecule has 0 amide bonds. The van der Waals surface area contributed by atoms with Crippen LogP contribution in [0, 0.1) is 18.8 Å². The number of halogens is 1. The molecule has 21 heavy (non-hydrogen) atoms. The molecule has 1 aromatic rings. The van der Waals surface area contributed by atoms with Crippen molar-refractivity contribution in [2.75, 3.05) is 13.1 Å². The summed E-state index contributed by atoms with van der Waals surface area (Å²) in [6, 6.07) is 4.70. The van der Waals surface area contributed by atoms with Gasteiger partial charge in [-0.1, -0.05) is 24.6 Å². The van der Waals surface area contributed by atoms with Crippen molar-refractivity contribution in [2.24, 2.45) is 11.8 Å². The van der Waals surface area contributed by atoms with E-state index >= 15 is 0 Å². The van der Waals surface area contributed by atoms with Gasteiger partial charge in [-0.2, -0.15) is 4.31 Å². The van der Waals surface area contributed by atoms with Crippen LogP contribution in [-0.4, -0.2) is 36.9 Å². The van der Waals surface area contributed by atoms with Gasteiger partial charge in [0.15, 0.2) is 0 Å². The van der Waals surface area contributed by atoms with Crippen LogP contribution in [0.5, 0.6) is 0 Å². The van der Waals surface area contributed by atoms with Gasteiger partial charge in [0.25, 0.3) is 0 Å². The van der Waals surface area contributed by atoms with Crippen LogP contribution in [0.4, 0.5) is 0 Å². The number of nitrogens with zero attached hydrogens (tertiary/aromatic N) is 1. The Morgan fingerprint density at radius 3 is 2.67 bits per heavy atom. The summed E-state index contributed by atoms with van der Waals surface area (Å²) in [7, 11) is -3.73. The van der Waals surface area contributed by atoms with Gasteiger partial charge >= 0.3 is 5.97 Å². The molecule has 5 nitrogen and oxygen atoms in total. The zero-order valence-electron chi connectivity index (χ0n) is 11.9. The number of sulfonamides is 1. The third kappa shape index (κ3) is 3.39. The highest BCUT2D eigenvalue weighted by Crippen LogP contribution is 2.29. The lowest BCUT2D eigenvalue weighted by Crippen LogP contribution is -2.45. The summed E-state index contributed by atoms with van der Waals surface area (Å²) in [5.41, 5.74) is 0.601. The van der Waals surface area contributed by atoms with Gasteiger partial charge in [-0.15, -0.1) is 0 Å². The molecule has 1 heterocycles. The Balaban J connectivity index is 2.38. The first-order chi connectivity index (χ1) is 9.71. The number of rotatable bonds is 3. The second-order valence-corrected chi connectivity index (χ2v) is 7.95. The summed E-state index contributed by atoms with van der Waals surface area (Å²) in [4.78, 5) is 11.3. The maximum Gasteiger partial charge on any atom is 0.307 e. The summed E-state index contributed by atoms with van der Waals surface area (Å²) < 4.78 is 26.8. The van der Waals surface area contributed by atoms with Gasteiger partial charge in [-0.3, -0.25) is 4.79 Å². The fraction of sp³-hybridized carbons (Fsp3) is 0.500. The van der Waals surface area contributed by atoms with Crippen molar-refractivity contribution in [2.45, 2.75) is 25.2 Å². The number of piperidine rings is 1. The van der Waals surface area contributed by atoms with Crippen molar-refractivity contribution in [3.05, 3.63) is 28.8 Å². The second-order valence-electron chi connectivity index (χ2n) is 5.61. The Hall–Kier alpha value is -1.11. The Labute approximate surface area is 129 Å². The highest BCUT2D eigenvalue weighted by Gasteiger charge is 2.36. The molecule has 0 aliphatic carbocycles. The Morgan fingerprint density at radius 1 is 1.38 bits per heavy atom. The van der Waals surface area contributed by atoms with Gasteiger partial charge in [0.1, 0.15) is 0 Å². The lowest BCUT2D eigenvalue weighted by molar-refractivity contribution is -0.143. The lowest BCUT2D eigenvalue weighted by atomic mass is 9.92. The third-order valence-corrected chi connectivity index (χ3v) is 5.95. The number of carbonyl (C=O) groups is 1. The first-order valence-electron chi connectivity index (χ1n) is 6.71. The molecule has 2 rings (SSSR count). The van der Waals surface area contributed by atoms with E-state index in [1.165, 1.54) is 10.4 Å². The highest BCUT2D eigenvalue weighted by molar-refractivity contribution is 7.89. The van der Waals surface area contributed by atoms with E-state index in [1.54, 1.807) is 19.1 Å². The quantitative estimate of drug-likeness (QED) is 0.922. The molecule has 1 aromatic carbocycles. The van der Waals surface area contributed by atoms with E-state index in [9.17, 15) is 13.2 Å². The lowest BCUT2D eigenvalue weighted by Gasteiger charge is -2.34. The monoisotopic (exact) mass is 331 g/mol. The van der Waals surface area contributed by atoms with Crippen molar-refractivity contribution in [3.63, 3.8) is 0 Å². The predicted octanol–water partition coefficient (Wildman–Crippen LogP) is 2.38. The number of hydrogen-bond acceptors (Lipinski definition) is 3. The molecular formula is C14H18ClNO4S. The van der Waals surface area contributed by atoms with Gasteiger partial charge in [-0.25, -0.2) is 8.42 Å². The number of carboxylic acid groups (broad SMARTS) is 1. The van der Waals surface area contributed by atoms with Crippen LogP contribution in [0.3, 0.4) is 0 Å². The molecule has 0 aromatic heterocycles. The minimum absolute atomic E-state index is 0.00790. The average Bonchev–Trinajstić information content (AvgIpc) is 2.40. The number of aliphatic carboxylic acids is 1. The molecule has 1 saturated heterocycles. The number of carboxylic acids is 1. The maximum atomic E-state index is 12.7. The maximum absolute atomic E-state index is 12.7. The number of hydrogen-bond donors (Lipinski definition) is 1. The van der Waals surface area contributed by atoms with Crippen LogP contribution in [0.1, 0.15) is 18.9 Å². The normalized spacial score (nSPS) is 24.0. The Morgan fingerprint density at radius 2 is 2.05 bits per heavy atom. The van der Waals surface area contributed by atoms with Gasteiger partial charge < -0.3 is 5.11 Å². The van der Waals surface area contributed by atoms with Gasteiger partial charge in [-0.05, 0) is 37.0 Å². The molecule has 0 spiro atoms. The molecule has 1 aliphatic heterocycles. The van der Waals surface area contributed by atoms with Crippen LogP contribution >= 0.6 is 11.6 Å². The molecule has 116 valence electrons. The summed E-state index contributed by atoms with van der Waals surface area (Å²) in [5.74, 6) is -1.61. The standard InChI is InChI=1S/C14H18ClNO4S/c1-9-5-11(14(17)18)8-16(7-9)21(19,20)13-6-12(15)4-3-10(13)2/h3-4,6,9,11H,5,7-8H2,1-2H3,(H,17,18). The number of benzene rings is 1. The molecule has 0 bridgehead atoms. The zero-order chi connectivity index (χ0) is 15.8. The van der Waals surface area contributed by atoms with E-state index < -0.39 is 21.9 Å². The minimum Gasteiger partial charge on any atom is -0.481 e.